The van der Waals surface area contributed by atoms with E-state index in [1.54, 1.807) is 13.0 Å². The molecule has 0 aliphatic carbocycles. The van der Waals surface area contributed by atoms with Gasteiger partial charge in [-0.15, -0.1) is 0 Å². The van der Waals surface area contributed by atoms with Crippen molar-refractivity contribution < 1.29 is 15.0 Å². The number of carboxylic acids is 1. The number of carboxylic acid groups (broad SMARTS) is 1. The fourth-order valence-electron chi connectivity index (χ4n) is 1.44. The molecule has 0 aromatic heterocycles. The second-order valence-corrected chi connectivity index (χ2v) is 4.41. The number of aliphatic hydroxyl groups excluding tert-OH is 1. The van der Waals surface area contributed by atoms with E-state index < -0.39 is 12.1 Å². The largest absolute Gasteiger partial charge is 0.481 e. The van der Waals surface area contributed by atoms with Crippen molar-refractivity contribution in [1.82, 2.24) is 0 Å². The molecule has 0 aliphatic rings. The van der Waals surface area contributed by atoms with Crippen LogP contribution in [-0.2, 0) is 4.79 Å². The maximum atomic E-state index is 10.3. The van der Waals surface area contributed by atoms with E-state index in [0.29, 0.717) is 0 Å². The number of allylic oxidation sites excluding steroid dienone is 4. The van der Waals surface area contributed by atoms with Gasteiger partial charge in [-0.25, -0.2) is 0 Å². The van der Waals surface area contributed by atoms with Crippen LogP contribution in [0.25, 0.3) is 0 Å². The van der Waals surface area contributed by atoms with Crippen LogP contribution in [0.15, 0.2) is 24.3 Å². The first-order valence-electron chi connectivity index (χ1n) is 6.84. The summed E-state index contributed by atoms with van der Waals surface area (Å²) in [5.74, 6) is 4.70. The lowest BCUT2D eigenvalue weighted by atomic mass is 10.1. The maximum Gasteiger partial charge on any atom is 0.303 e. The van der Waals surface area contributed by atoms with Crippen LogP contribution < -0.4 is 0 Å². The smallest absolute Gasteiger partial charge is 0.303 e. The van der Waals surface area contributed by atoms with E-state index in [1.807, 2.05) is 6.08 Å². The van der Waals surface area contributed by atoms with Gasteiger partial charge in [0.2, 0.25) is 0 Å². The predicted octanol–water partition coefficient (Wildman–Crippen LogP) is 3.30. The number of hydrogen-bond donors (Lipinski definition) is 2. The van der Waals surface area contributed by atoms with Gasteiger partial charge in [0.1, 0.15) is 6.10 Å². The molecule has 0 heterocycles. The number of aliphatic carboxylic acids is 1. The minimum atomic E-state index is -0.723. The Balaban J connectivity index is 3.34. The lowest BCUT2D eigenvalue weighted by molar-refractivity contribution is -0.137. The van der Waals surface area contributed by atoms with Crippen molar-refractivity contribution >= 4 is 5.97 Å². The summed E-state index contributed by atoms with van der Waals surface area (Å²) in [7, 11) is 0. The summed E-state index contributed by atoms with van der Waals surface area (Å²) in [6.07, 6.45) is 13.5. The summed E-state index contributed by atoms with van der Waals surface area (Å²) in [5, 5.41) is 17.3. The second kappa shape index (κ2) is 12.9. The van der Waals surface area contributed by atoms with E-state index in [0.717, 1.165) is 38.5 Å². The number of unbranched alkanes of at least 4 members (excludes halogenated alkanes) is 4. The molecular formula is C16H24O3. The molecule has 0 saturated carbocycles. The third kappa shape index (κ3) is 16.5. The van der Waals surface area contributed by atoms with Gasteiger partial charge in [0.25, 0.3) is 0 Å². The van der Waals surface area contributed by atoms with Crippen LogP contribution in [-0.4, -0.2) is 22.3 Å². The average Bonchev–Trinajstić information content (AvgIpc) is 2.34. The van der Waals surface area contributed by atoms with E-state index in [9.17, 15) is 4.79 Å². The Hall–Kier alpha value is -1.53. The Kier molecular flexibility index (Phi) is 11.9. The molecule has 0 aliphatic heterocycles. The molecule has 0 aromatic rings. The Labute approximate surface area is 116 Å². The van der Waals surface area contributed by atoms with Gasteiger partial charge in [0, 0.05) is 6.42 Å². The molecule has 0 spiro atoms. The topological polar surface area (TPSA) is 57.5 Å². The zero-order valence-electron chi connectivity index (χ0n) is 11.6. The molecule has 1 unspecified atom stereocenters. The van der Waals surface area contributed by atoms with Crippen LogP contribution in [0.2, 0.25) is 0 Å². The summed E-state index contributed by atoms with van der Waals surface area (Å²) in [6, 6.07) is 0. The minimum absolute atomic E-state index is 0.253. The van der Waals surface area contributed by atoms with E-state index >= 15 is 0 Å². The lowest BCUT2D eigenvalue weighted by Crippen LogP contribution is -1.92. The Bertz CT molecular complexity index is 343. The summed E-state index contributed by atoms with van der Waals surface area (Å²) in [4.78, 5) is 10.3. The van der Waals surface area contributed by atoms with Gasteiger partial charge in [-0.3, -0.25) is 4.79 Å². The molecule has 0 fully saturated rings. The number of aliphatic hydroxyl groups is 1. The number of rotatable bonds is 9. The Morgan fingerprint density at radius 3 is 2.26 bits per heavy atom. The van der Waals surface area contributed by atoms with Crippen molar-refractivity contribution in [1.29, 1.82) is 0 Å². The van der Waals surface area contributed by atoms with Gasteiger partial charge in [-0.1, -0.05) is 30.1 Å². The summed E-state index contributed by atoms with van der Waals surface area (Å²) >= 11 is 0. The lowest BCUT2D eigenvalue weighted by Gasteiger charge is -1.93. The highest BCUT2D eigenvalue weighted by molar-refractivity contribution is 5.66. The van der Waals surface area contributed by atoms with Crippen LogP contribution in [0.1, 0.15) is 51.9 Å². The third-order valence-electron chi connectivity index (χ3n) is 2.41. The summed E-state index contributed by atoms with van der Waals surface area (Å²) < 4.78 is 0. The standard InChI is InChI=1S/C16H24O3/c1-15(17)13-11-9-7-5-3-2-4-6-8-10-12-14-16(18)19/h6-9,15,17H,2-5,10,12,14H2,1H3,(H,18,19)/b8-6+,9-7+. The van der Waals surface area contributed by atoms with Gasteiger partial charge in [-0.2, -0.15) is 0 Å². The fourth-order valence-corrected chi connectivity index (χ4v) is 1.44. The van der Waals surface area contributed by atoms with Crippen LogP contribution in [0.3, 0.4) is 0 Å². The normalized spacial score (nSPS) is 12.5. The van der Waals surface area contributed by atoms with Crippen molar-refractivity contribution in [2.45, 2.75) is 58.0 Å². The second-order valence-electron chi connectivity index (χ2n) is 4.41. The molecule has 106 valence electrons. The molecule has 3 nitrogen and oxygen atoms in total. The van der Waals surface area contributed by atoms with E-state index in [2.05, 4.69) is 24.0 Å². The van der Waals surface area contributed by atoms with Crippen molar-refractivity contribution in [3.05, 3.63) is 24.3 Å². The highest BCUT2D eigenvalue weighted by atomic mass is 16.4. The maximum absolute atomic E-state index is 10.3. The van der Waals surface area contributed by atoms with Crippen molar-refractivity contribution in [2.24, 2.45) is 0 Å². The van der Waals surface area contributed by atoms with Crippen LogP contribution in [0.5, 0.6) is 0 Å². The van der Waals surface area contributed by atoms with Gasteiger partial charge >= 0.3 is 5.97 Å². The minimum Gasteiger partial charge on any atom is -0.481 e. The first-order chi connectivity index (χ1) is 9.13. The molecule has 0 aromatic carbocycles. The van der Waals surface area contributed by atoms with E-state index in [-0.39, 0.29) is 6.42 Å². The highest BCUT2D eigenvalue weighted by Gasteiger charge is 1.93. The highest BCUT2D eigenvalue weighted by Crippen LogP contribution is 2.03. The Morgan fingerprint density at radius 2 is 1.68 bits per heavy atom. The number of carbonyl (C=O) groups is 1. The molecule has 0 saturated heterocycles. The quantitative estimate of drug-likeness (QED) is 0.381. The molecule has 3 heteroatoms. The first kappa shape index (κ1) is 17.5. The van der Waals surface area contributed by atoms with Crippen LogP contribution in [0, 0.1) is 11.8 Å². The van der Waals surface area contributed by atoms with E-state index in [1.165, 1.54) is 0 Å². The van der Waals surface area contributed by atoms with Crippen LogP contribution >= 0.6 is 0 Å². The Morgan fingerprint density at radius 1 is 1.11 bits per heavy atom. The SMILES string of the molecule is CC(O)C#C/C=C/CCCC/C=C/CCCC(=O)O. The zero-order valence-corrected chi connectivity index (χ0v) is 11.6. The molecule has 0 bridgehead atoms. The number of hydrogen-bond acceptors (Lipinski definition) is 2. The molecule has 1 atom stereocenters. The molecule has 0 amide bonds. The zero-order chi connectivity index (χ0) is 14.3. The molecule has 0 radical (unpaired) electrons. The van der Waals surface area contributed by atoms with E-state index in [4.69, 9.17) is 10.2 Å². The van der Waals surface area contributed by atoms with Crippen LogP contribution in [0.4, 0.5) is 0 Å². The fraction of sp³-hybridized carbons (Fsp3) is 0.562. The molecule has 19 heavy (non-hydrogen) atoms. The third-order valence-corrected chi connectivity index (χ3v) is 2.41. The van der Waals surface area contributed by atoms with Crippen molar-refractivity contribution in [2.75, 3.05) is 0 Å². The van der Waals surface area contributed by atoms with Gasteiger partial charge in [0.05, 0.1) is 0 Å². The molecule has 2 N–H and O–H groups in total. The van der Waals surface area contributed by atoms with Gasteiger partial charge in [-0.05, 0) is 51.5 Å². The molecular weight excluding hydrogens is 240 g/mol. The summed E-state index contributed by atoms with van der Waals surface area (Å²) in [6.45, 7) is 1.64. The van der Waals surface area contributed by atoms with Crippen molar-refractivity contribution in [3.63, 3.8) is 0 Å². The monoisotopic (exact) mass is 264 g/mol. The molecule has 0 rings (SSSR count). The average molecular weight is 264 g/mol. The first-order valence-corrected chi connectivity index (χ1v) is 6.84. The van der Waals surface area contributed by atoms with Crippen molar-refractivity contribution in [3.8, 4) is 11.8 Å². The summed E-state index contributed by atoms with van der Waals surface area (Å²) in [5.41, 5.74) is 0. The van der Waals surface area contributed by atoms with Gasteiger partial charge < -0.3 is 10.2 Å². The van der Waals surface area contributed by atoms with Gasteiger partial charge in [0.15, 0.2) is 0 Å². The predicted molar refractivity (Wildman–Crippen MR) is 77.7 cm³/mol.